The molecule has 0 bridgehead atoms. The maximum atomic E-state index is 15.0. The summed E-state index contributed by atoms with van der Waals surface area (Å²) in [7, 11) is 0. The molecular formula is C27H21F2N3O2. The van der Waals surface area contributed by atoms with Gasteiger partial charge in [-0.25, -0.2) is 9.18 Å². The number of fused-ring (bicyclic) bond motifs is 1. The number of pyridine rings is 1. The number of allylic oxidation sites excluding steroid dienone is 1. The van der Waals surface area contributed by atoms with Crippen molar-refractivity contribution in [3.63, 3.8) is 0 Å². The Kier molecular flexibility index (Phi) is 5.76. The van der Waals surface area contributed by atoms with Crippen LogP contribution in [0.25, 0.3) is 28.1 Å². The number of hydrogen-bond donors (Lipinski definition) is 2. The number of carbonyl (C=O) groups is 1. The number of rotatable bonds is 6. The van der Waals surface area contributed by atoms with Crippen LogP contribution in [0.4, 0.5) is 8.78 Å². The number of carboxylic acid groups (broad SMARTS) is 1. The monoisotopic (exact) mass is 457 g/mol. The summed E-state index contributed by atoms with van der Waals surface area (Å²) in [6, 6.07) is 14.5. The molecule has 34 heavy (non-hydrogen) atoms. The fourth-order valence-corrected chi connectivity index (χ4v) is 4.39. The SMILES string of the molecule is O=C(O)/C=C/c1ccc(/C(=C(\c2ccncc2F)C2CCC2)c2ccc3[nH]nc(F)c3c2)cc1. The summed E-state index contributed by atoms with van der Waals surface area (Å²) >= 11 is 0. The van der Waals surface area contributed by atoms with Crippen molar-refractivity contribution in [3.8, 4) is 0 Å². The Bertz CT molecular complexity index is 1430. The van der Waals surface area contributed by atoms with E-state index >= 15 is 4.39 Å². The minimum Gasteiger partial charge on any atom is -0.478 e. The average Bonchev–Trinajstić information content (AvgIpc) is 3.17. The van der Waals surface area contributed by atoms with Gasteiger partial charge in [0.15, 0.2) is 0 Å². The Hall–Kier alpha value is -4.13. The second-order valence-corrected chi connectivity index (χ2v) is 8.34. The molecule has 0 saturated heterocycles. The molecule has 5 nitrogen and oxygen atoms in total. The number of benzene rings is 2. The zero-order chi connectivity index (χ0) is 23.7. The molecule has 0 radical (unpaired) electrons. The third-order valence-electron chi connectivity index (χ3n) is 6.27. The molecule has 2 heterocycles. The van der Waals surface area contributed by atoms with E-state index in [0.29, 0.717) is 16.5 Å². The number of H-pyrrole nitrogens is 1. The number of nitrogens with zero attached hydrogens (tertiary/aromatic N) is 2. The highest BCUT2D eigenvalue weighted by molar-refractivity contribution is 6.01. The number of hydrogen-bond acceptors (Lipinski definition) is 3. The van der Waals surface area contributed by atoms with Crippen LogP contribution >= 0.6 is 0 Å². The molecule has 170 valence electrons. The van der Waals surface area contributed by atoms with Crippen LogP contribution in [0, 0.1) is 17.7 Å². The van der Waals surface area contributed by atoms with E-state index < -0.39 is 17.7 Å². The Morgan fingerprint density at radius 3 is 2.50 bits per heavy atom. The van der Waals surface area contributed by atoms with Gasteiger partial charge in [0.2, 0.25) is 5.95 Å². The van der Waals surface area contributed by atoms with Crippen molar-refractivity contribution >= 4 is 34.1 Å². The number of nitrogens with one attached hydrogen (secondary N) is 1. The Labute approximate surface area is 194 Å². The van der Waals surface area contributed by atoms with Crippen LogP contribution in [0.15, 0.2) is 67.0 Å². The molecule has 1 aliphatic carbocycles. The van der Waals surface area contributed by atoms with Crippen LogP contribution in [0.1, 0.15) is 41.5 Å². The van der Waals surface area contributed by atoms with E-state index in [-0.39, 0.29) is 5.92 Å². The molecule has 7 heteroatoms. The maximum absolute atomic E-state index is 15.0. The quantitative estimate of drug-likeness (QED) is 0.343. The van der Waals surface area contributed by atoms with Crippen molar-refractivity contribution in [1.82, 2.24) is 15.2 Å². The van der Waals surface area contributed by atoms with Gasteiger partial charge in [-0.15, -0.1) is 5.10 Å². The van der Waals surface area contributed by atoms with E-state index in [1.54, 1.807) is 24.4 Å². The fourth-order valence-electron chi connectivity index (χ4n) is 4.39. The first kappa shape index (κ1) is 21.7. The third kappa shape index (κ3) is 4.12. The summed E-state index contributed by atoms with van der Waals surface area (Å²) in [6.07, 6.45) is 8.30. The van der Waals surface area contributed by atoms with Crippen molar-refractivity contribution in [1.29, 1.82) is 0 Å². The van der Waals surface area contributed by atoms with Gasteiger partial charge in [-0.3, -0.25) is 10.1 Å². The molecule has 0 aliphatic heterocycles. The van der Waals surface area contributed by atoms with Crippen LogP contribution < -0.4 is 0 Å². The summed E-state index contributed by atoms with van der Waals surface area (Å²) in [4.78, 5) is 14.8. The van der Waals surface area contributed by atoms with Gasteiger partial charge in [0.05, 0.1) is 17.1 Å². The summed E-state index contributed by atoms with van der Waals surface area (Å²) in [5, 5.41) is 15.6. The van der Waals surface area contributed by atoms with E-state index in [1.165, 1.54) is 12.3 Å². The lowest BCUT2D eigenvalue weighted by Crippen LogP contribution is -2.16. The Balaban J connectivity index is 1.76. The van der Waals surface area contributed by atoms with Gasteiger partial charge in [-0.2, -0.15) is 4.39 Å². The molecule has 2 aromatic carbocycles. The first-order chi connectivity index (χ1) is 16.5. The lowest BCUT2D eigenvalue weighted by atomic mass is 9.73. The van der Waals surface area contributed by atoms with Gasteiger partial charge in [0.1, 0.15) is 5.82 Å². The van der Waals surface area contributed by atoms with Crippen molar-refractivity contribution in [3.05, 3.63) is 101 Å². The van der Waals surface area contributed by atoms with Crippen molar-refractivity contribution in [2.24, 2.45) is 5.92 Å². The van der Waals surface area contributed by atoms with Crippen LogP contribution in [-0.4, -0.2) is 26.3 Å². The molecule has 1 aliphatic rings. The van der Waals surface area contributed by atoms with Gasteiger partial charge in [0, 0.05) is 17.8 Å². The largest absolute Gasteiger partial charge is 0.478 e. The van der Waals surface area contributed by atoms with E-state index in [1.807, 2.05) is 30.3 Å². The van der Waals surface area contributed by atoms with E-state index in [9.17, 15) is 9.18 Å². The Morgan fingerprint density at radius 1 is 1.06 bits per heavy atom. The zero-order valence-corrected chi connectivity index (χ0v) is 18.1. The minimum absolute atomic E-state index is 0.156. The molecule has 2 aromatic heterocycles. The molecule has 0 unspecified atom stereocenters. The predicted octanol–water partition coefficient (Wildman–Crippen LogP) is 6.09. The molecule has 5 rings (SSSR count). The number of aromatic amines is 1. The summed E-state index contributed by atoms with van der Waals surface area (Å²) < 4.78 is 29.4. The number of aliphatic carboxylic acids is 1. The molecule has 1 saturated carbocycles. The van der Waals surface area contributed by atoms with E-state index in [0.717, 1.165) is 53.2 Å². The molecule has 0 spiro atoms. The predicted molar refractivity (Wildman–Crippen MR) is 127 cm³/mol. The normalized spacial score (nSPS) is 14.9. The first-order valence-corrected chi connectivity index (χ1v) is 11.0. The number of carboxylic acids is 1. The smallest absolute Gasteiger partial charge is 0.328 e. The fraction of sp³-hybridized carbons (Fsp3) is 0.148. The van der Waals surface area contributed by atoms with Crippen molar-refractivity contribution in [2.45, 2.75) is 19.3 Å². The highest BCUT2D eigenvalue weighted by atomic mass is 19.1. The second-order valence-electron chi connectivity index (χ2n) is 8.34. The number of aromatic nitrogens is 3. The van der Waals surface area contributed by atoms with Crippen LogP contribution in [-0.2, 0) is 4.79 Å². The lowest BCUT2D eigenvalue weighted by Gasteiger charge is -2.31. The van der Waals surface area contributed by atoms with Gasteiger partial charge in [-0.1, -0.05) is 36.8 Å². The molecule has 2 N–H and O–H groups in total. The minimum atomic E-state index is -1.03. The maximum Gasteiger partial charge on any atom is 0.328 e. The highest BCUT2D eigenvalue weighted by Gasteiger charge is 2.29. The standard InChI is InChI=1S/C27H21F2N3O2/c28-22-15-30-13-12-20(22)26(17-2-1-3-17)25(18-7-4-16(5-8-18)6-11-24(33)34)19-9-10-23-21(14-19)27(29)32-31-23/h4-15,17H,1-3H2,(H,31,32)(H,33,34)/b11-6+,26-25+. The van der Waals surface area contributed by atoms with Gasteiger partial charge in [0.25, 0.3) is 0 Å². The average molecular weight is 457 g/mol. The van der Waals surface area contributed by atoms with Crippen molar-refractivity contribution in [2.75, 3.05) is 0 Å². The van der Waals surface area contributed by atoms with Crippen LogP contribution in [0.2, 0.25) is 0 Å². The van der Waals surface area contributed by atoms with Gasteiger partial charge < -0.3 is 5.11 Å². The Morgan fingerprint density at radius 2 is 1.82 bits per heavy atom. The highest BCUT2D eigenvalue weighted by Crippen LogP contribution is 2.45. The van der Waals surface area contributed by atoms with Crippen molar-refractivity contribution < 1.29 is 18.7 Å². The van der Waals surface area contributed by atoms with E-state index in [4.69, 9.17) is 5.11 Å². The zero-order valence-electron chi connectivity index (χ0n) is 18.1. The summed E-state index contributed by atoms with van der Waals surface area (Å²) in [5.41, 5.74) is 5.04. The van der Waals surface area contributed by atoms with Crippen LogP contribution in [0.3, 0.4) is 0 Å². The number of halogens is 2. The summed E-state index contributed by atoms with van der Waals surface area (Å²) in [6.45, 7) is 0. The third-order valence-corrected chi connectivity index (χ3v) is 6.27. The first-order valence-electron chi connectivity index (χ1n) is 11.0. The summed E-state index contributed by atoms with van der Waals surface area (Å²) in [5.74, 6) is -1.87. The molecule has 0 amide bonds. The molecular weight excluding hydrogens is 436 g/mol. The van der Waals surface area contributed by atoms with Crippen LogP contribution in [0.5, 0.6) is 0 Å². The molecule has 1 fully saturated rings. The van der Waals surface area contributed by atoms with Gasteiger partial charge in [-0.05, 0) is 70.9 Å². The topological polar surface area (TPSA) is 78.9 Å². The lowest BCUT2D eigenvalue weighted by molar-refractivity contribution is -0.131. The van der Waals surface area contributed by atoms with Gasteiger partial charge >= 0.3 is 5.97 Å². The second kappa shape index (κ2) is 9.02. The van der Waals surface area contributed by atoms with E-state index in [2.05, 4.69) is 15.2 Å². The molecule has 4 aromatic rings. The molecule has 0 atom stereocenters.